The Morgan fingerprint density at radius 3 is 2.88 bits per heavy atom. The Kier molecular flexibility index (Phi) is 3.70. The quantitative estimate of drug-likeness (QED) is 0.639. The highest BCUT2D eigenvalue weighted by Gasteiger charge is 2.24. The molecule has 6 nitrogen and oxygen atoms in total. The van der Waals surface area contributed by atoms with E-state index >= 15 is 0 Å². The van der Waals surface area contributed by atoms with Gasteiger partial charge >= 0.3 is 0 Å². The number of hydrogen-bond acceptors (Lipinski definition) is 4. The van der Waals surface area contributed by atoms with Gasteiger partial charge in [-0.2, -0.15) is 0 Å². The Bertz CT molecular complexity index is 902. The molecule has 24 heavy (non-hydrogen) atoms. The lowest BCUT2D eigenvalue weighted by Crippen LogP contribution is -2.43. The summed E-state index contributed by atoms with van der Waals surface area (Å²) in [6, 6.07) is 15.5. The monoisotopic (exact) mass is 337 g/mol. The molecule has 1 aromatic heterocycles. The van der Waals surface area contributed by atoms with Crippen molar-refractivity contribution in [2.45, 2.75) is 11.7 Å². The van der Waals surface area contributed by atoms with Gasteiger partial charge in [-0.3, -0.25) is 20.6 Å². The second kappa shape index (κ2) is 6.01. The molecule has 0 radical (unpaired) electrons. The average molecular weight is 337 g/mol. The van der Waals surface area contributed by atoms with Crippen LogP contribution in [0.2, 0.25) is 0 Å². The summed E-state index contributed by atoms with van der Waals surface area (Å²) in [6.07, 6.45) is 0. The van der Waals surface area contributed by atoms with Crippen molar-refractivity contribution in [1.29, 1.82) is 5.41 Å². The normalized spacial score (nSPS) is 13.3. The van der Waals surface area contributed by atoms with Crippen molar-refractivity contribution in [3.8, 4) is 0 Å². The van der Waals surface area contributed by atoms with E-state index in [1.165, 1.54) is 11.8 Å². The predicted octanol–water partition coefficient (Wildman–Crippen LogP) is 2.53. The number of carbonyl (C=O) groups is 1. The molecule has 1 aliphatic heterocycles. The summed E-state index contributed by atoms with van der Waals surface area (Å²) in [7, 11) is 0. The average Bonchev–Trinajstić information content (AvgIpc) is 3.15. The van der Waals surface area contributed by atoms with Crippen LogP contribution in [0.3, 0.4) is 0 Å². The summed E-state index contributed by atoms with van der Waals surface area (Å²) >= 11 is 1.35. The van der Waals surface area contributed by atoms with Gasteiger partial charge < -0.3 is 4.98 Å². The minimum absolute atomic E-state index is 0.155. The number of amidine groups is 1. The number of aromatic nitrogens is 2. The van der Waals surface area contributed by atoms with Crippen LogP contribution in [0.15, 0.2) is 53.7 Å². The maximum absolute atomic E-state index is 12.2. The first-order valence-corrected chi connectivity index (χ1v) is 8.50. The van der Waals surface area contributed by atoms with E-state index in [4.69, 9.17) is 5.41 Å². The zero-order valence-electron chi connectivity index (χ0n) is 12.7. The standard InChI is InChI=1S/C17H15N5OS/c18-16-12-6-2-1-5-11(12)9-22(16)21-15(23)10-24-17-19-13-7-3-4-8-14(13)20-17/h1-8,18H,9-10H2,(H,19,20)(H,21,23). The zero-order chi connectivity index (χ0) is 16.5. The van der Waals surface area contributed by atoms with Gasteiger partial charge in [-0.1, -0.05) is 48.2 Å². The first kappa shape index (κ1) is 14.8. The van der Waals surface area contributed by atoms with Crippen LogP contribution in [-0.2, 0) is 11.3 Å². The Balaban J connectivity index is 1.37. The maximum Gasteiger partial charge on any atom is 0.249 e. The number of nitrogens with zero attached hydrogens (tertiary/aromatic N) is 2. The zero-order valence-corrected chi connectivity index (χ0v) is 13.6. The number of aromatic amines is 1. The largest absolute Gasteiger partial charge is 0.333 e. The lowest BCUT2D eigenvalue weighted by atomic mass is 10.1. The molecule has 0 fully saturated rings. The molecule has 0 spiro atoms. The number of benzene rings is 2. The Morgan fingerprint density at radius 2 is 2.04 bits per heavy atom. The Morgan fingerprint density at radius 1 is 1.25 bits per heavy atom. The van der Waals surface area contributed by atoms with Crippen LogP contribution in [0.1, 0.15) is 11.1 Å². The van der Waals surface area contributed by atoms with Crippen molar-refractivity contribution in [2.75, 3.05) is 5.75 Å². The topological polar surface area (TPSA) is 84.9 Å². The molecule has 2 aromatic carbocycles. The fourth-order valence-corrected chi connectivity index (χ4v) is 3.37. The molecule has 0 aliphatic carbocycles. The highest BCUT2D eigenvalue weighted by atomic mass is 32.2. The third-order valence-electron chi connectivity index (χ3n) is 3.84. The smallest absolute Gasteiger partial charge is 0.249 e. The van der Waals surface area contributed by atoms with Gasteiger partial charge in [0.2, 0.25) is 5.91 Å². The fraction of sp³-hybridized carbons (Fsp3) is 0.118. The van der Waals surface area contributed by atoms with E-state index in [0.717, 1.165) is 22.2 Å². The van der Waals surface area contributed by atoms with Gasteiger partial charge in [0.25, 0.3) is 0 Å². The van der Waals surface area contributed by atoms with Gasteiger partial charge in [0, 0.05) is 5.56 Å². The summed E-state index contributed by atoms with van der Waals surface area (Å²) in [5.74, 6) is 0.408. The molecule has 0 unspecified atom stereocenters. The first-order valence-electron chi connectivity index (χ1n) is 7.52. The summed E-state index contributed by atoms with van der Waals surface area (Å²) in [5, 5.41) is 10.4. The molecule has 0 saturated heterocycles. The predicted molar refractivity (Wildman–Crippen MR) is 93.8 cm³/mol. The maximum atomic E-state index is 12.2. The molecule has 120 valence electrons. The minimum Gasteiger partial charge on any atom is -0.333 e. The van der Waals surface area contributed by atoms with Gasteiger partial charge in [0.15, 0.2) is 5.16 Å². The van der Waals surface area contributed by atoms with E-state index in [2.05, 4.69) is 15.4 Å². The minimum atomic E-state index is -0.155. The third-order valence-corrected chi connectivity index (χ3v) is 4.71. The first-order chi connectivity index (χ1) is 11.7. The van der Waals surface area contributed by atoms with Gasteiger partial charge in [0.05, 0.1) is 23.3 Å². The summed E-state index contributed by atoms with van der Waals surface area (Å²) in [4.78, 5) is 19.8. The van der Waals surface area contributed by atoms with E-state index < -0.39 is 0 Å². The van der Waals surface area contributed by atoms with Crippen molar-refractivity contribution in [3.05, 3.63) is 59.7 Å². The number of rotatable bonds is 4. The highest BCUT2D eigenvalue weighted by Crippen LogP contribution is 2.21. The van der Waals surface area contributed by atoms with Crippen LogP contribution in [0.5, 0.6) is 0 Å². The van der Waals surface area contributed by atoms with Crippen molar-refractivity contribution < 1.29 is 4.79 Å². The van der Waals surface area contributed by atoms with Gasteiger partial charge in [-0.05, 0) is 17.7 Å². The molecule has 0 bridgehead atoms. The van der Waals surface area contributed by atoms with Crippen LogP contribution >= 0.6 is 11.8 Å². The lowest BCUT2D eigenvalue weighted by Gasteiger charge is -2.18. The second-order valence-corrected chi connectivity index (χ2v) is 6.44. The van der Waals surface area contributed by atoms with Crippen LogP contribution in [0.4, 0.5) is 0 Å². The second-order valence-electron chi connectivity index (χ2n) is 5.47. The highest BCUT2D eigenvalue weighted by molar-refractivity contribution is 7.99. The molecular weight excluding hydrogens is 322 g/mol. The van der Waals surface area contributed by atoms with Crippen molar-refractivity contribution in [3.63, 3.8) is 0 Å². The van der Waals surface area contributed by atoms with E-state index in [9.17, 15) is 4.79 Å². The Hall–Kier alpha value is -2.80. The lowest BCUT2D eigenvalue weighted by molar-refractivity contribution is -0.121. The van der Waals surface area contributed by atoms with Gasteiger partial charge in [0.1, 0.15) is 5.84 Å². The molecular formula is C17H15N5OS. The molecule has 2 heterocycles. The summed E-state index contributed by atoms with van der Waals surface area (Å²) in [5.41, 5.74) is 6.54. The number of thioether (sulfide) groups is 1. The number of hydrogen-bond donors (Lipinski definition) is 3. The number of H-pyrrole nitrogens is 1. The van der Waals surface area contributed by atoms with Crippen molar-refractivity contribution >= 4 is 34.5 Å². The third kappa shape index (κ3) is 2.74. The number of nitrogens with one attached hydrogen (secondary N) is 3. The molecule has 1 amide bonds. The molecule has 0 atom stereocenters. The number of fused-ring (bicyclic) bond motifs is 2. The molecule has 1 aliphatic rings. The fourth-order valence-electron chi connectivity index (χ4n) is 2.69. The van der Waals surface area contributed by atoms with E-state index in [1.54, 1.807) is 5.01 Å². The van der Waals surface area contributed by atoms with Crippen LogP contribution in [-0.4, -0.2) is 32.5 Å². The molecule has 0 saturated carbocycles. The number of para-hydroxylation sites is 2. The molecule has 3 N–H and O–H groups in total. The number of hydrazine groups is 1. The SMILES string of the molecule is N=C1c2ccccc2CN1NC(=O)CSc1nc2ccccc2[nH]1. The van der Waals surface area contributed by atoms with Gasteiger partial charge in [-0.15, -0.1) is 0 Å². The number of carbonyl (C=O) groups excluding carboxylic acids is 1. The van der Waals surface area contributed by atoms with Gasteiger partial charge in [-0.25, -0.2) is 4.98 Å². The Labute approximate surface area is 142 Å². The van der Waals surface area contributed by atoms with E-state index in [0.29, 0.717) is 17.5 Å². The summed E-state index contributed by atoms with van der Waals surface area (Å²) in [6.45, 7) is 0.524. The van der Waals surface area contributed by atoms with E-state index in [1.807, 2.05) is 48.5 Å². The molecule has 7 heteroatoms. The van der Waals surface area contributed by atoms with Crippen molar-refractivity contribution in [1.82, 2.24) is 20.4 Å². The number of imidazole rings is 1. The van der Waals surface area contributed by atoms with Crippen LogP contribution in [0.25, 0.3) is 11.0 Å². The van der Waals surface area contributed by atoms with Crippen molar-refractivity contribution in [2.24, 2.45) is 0 Å². The van der Waals surface area contributed by atoms with Crippen LogP contribution < -0.4 is 5.43 Å². The summed E-state index contributed by atoms with van der Waals surface area (Å²) < 4.78 is 0. The van der Waals surface area contributed by atoms with E-state index in [-0.39, 0.29) is 11.7 Å². The van der Waals surface area contributed by atoms with Crippen LogP contribution in [0, 0.1) is 5.41 Å². The number of amides is 1. The molecule has 4 rings (SSSR count). The molecule has 3 aromatic rings.